The Bertz CT molecular complexity index is 1170. The third-order valence-corrected chi connectivity index (χ3v) is 5.69. The number of hydrogen-bond donors (Lipinski definition) is 2. The van der Waals surface area contributed by atoms with Gasteiger partial charge in [-0.3, -0.25) is 9.78 Å². The van der Waals surface area contributed by atoms with Crippen LogP contribution in [0.5, 0.6) is 5.75 Å². The fourth-order valence-electron chi connectivity index (χ4n) is 2.99. The maximum Gasteiger partial charge on any atom is 0.326 e. The molecular weight excluding hydrogens is 385 g/mol. The van der Waals surface area contributed by atoms with Gasteiger partial charge in [0.05, 0.1) is 5.69 Å². The van der Waals surface area contributed by atoms with Crippen LogP contribution in [0.1, 0.15) is 0 Å². The highest BCUT2D eigenvalue weighted by molar-refractivity contribution is 7.92. The molecule has 1 aliphatic rings. The van der Waals surface area contributed by atoms with Crippen molar-refractivity contribution in [2.24, 2.45) is 0 Å². The first-order chi connectivity index (χ1) is 13.4. The van der Waals surface area contributed by atoms with Crippen molar-refractivity contribution in [2.75, 3.05) is 10.8 Å². The summed E-state index contributed by atoms with van der Waals surface area (Å²) in [4.78, 5) is 15.8. The molecule has 142 valence electrons. The minimum Gasteiger partial charge on any atom is -0.506 e. The highest BCUT2D eigenvalue weighted by atomic mass is 32.2. The van der Waals surface area contributed by atoms with Crippen molar-refractivity contribution in [1.82, 2.24) is 9.71 Å². The Morgan fingerprint density at radius 2 is 1.79 bits per heavy atom. The van der Waals surface area contributed by atoms with Crippen LogP contribution in [-0.2, 0) is 15.0 Å². The molecule has 1 fully saturated rings. The molecule has 1 aromatic heterocycles. The largest absolute Gasteiger partial charge is 0.506 e. The van der Waals surface area contributed by atoms with Gasteiger partial charge in [-0.25, -0.2) is 13.4 Å². The van der Waals surface area contributed by atoms with Gasteiger partial charge in [-0.1, -0.05) is 36.4 Å². The number of rotatable bonds is 3. The normalized spacial score (nSPS) is 15.5. The summed E-state index contributed by atoms with van der Waals surface area (Å²) in [6.45, 7) is -0.610. The van der Waals surface area contributed by atoms with Crippen molar-refractivity contribution >= 4 is 21.8 Å². The van der Waals surface area contributed by atoms with E-state index in [0.29, 0.717) is 15.6 Å². The van der Waals surface area contributed by atoms with Crippen molar-refractivity contribution in [3.63, 3.8) is 0 Å². The number of aromatic nitrogens is 1. The van der Waals surface area contributed by atoms with Crippen LogP contribution in [0.2, 0.25) is 0 Å². The van der Waals surface area contributed by atoms with Crippen LogP contribution in [0.25, 0.3) is 22.4 Å². The van der Waals surface area contributed by atoms with Crippen LogP contribution in [0.4, 0.5) is 10.1 Å². The van der Waals surface area contributed by atoms with Crippen LogP contribution in [-0.4, -0.2) is 31.0 Å². The Balaban J connectivity index is 1.77. The van der Waals surface area contributed by atoms with Gasteiger partial charge in [0.1, 0.15) is 18.0 Å². The predicted molar refractivity (Wildman–Crippen MR) is 101 cm³/mol. The molecule has 1 amide bonds. The Kier molecular flexibility index (Phi) is 4.23. The molecule has 0 radical (unpaired) electrons. The van der Waals surface area contributed by atoms with E-state index >= 15 is 4.39 Å². The van der Waals surface area contributed by atoms with Gasteiger partial charge < -0.3 is 5.11 Å². The quantitative estimate of drug-likeness (QED) is 0.705. The van der Waals surface area contributed by atoms with E-state index in [2.05, 4.69) is 4.98 Å². The molecule has 0 unspecified atom stereocenters. The molecule has 3 aromatic rings. The number of nitrogens with zero attached hydrogens (tertiary/aromatic N) is 2. The monoisotopic (exact) mass is 399 g/mol. The maximum atomic E-state index is 15.1. The summed E-state index contributed by atoms with van der Waals surface area (Å²) in [6.07, 6.45) is 1.46. The molecule has 9 heteroatoms. The topological polar surface area (TPSA) is 99.6 Å². The van der Waals surface area contributed by atoms with Crippen molar-refractivity contribution in [1.29, 1.82) is 0 Å². The van der Waals surface area contributed by atoms with Gasteiger partial charge in [-0.05, 0) is 18.2 Å². The summed E-state index contributed by atoms with van der Waals surface area (Å²) in [5.74, 6) is -2.36. The lowest BCUT2D eigenvalue weighted by atomic mass is 10.0. The average molecular weight is 399 g/mol. The van der Waals surface area contributed by atoms with E-state index < -0.39 is 39.9 Å². The molecule has 0 bridgehead atoms. The van der Waals surface area contributed by atoms with E-state index in [9.17, 15) is 18.3 Å². The number of phenolic OH excluding ortho intramolecular Hbond substituents is 1. The molecule has 0 aliphatic carbocycles. The summed E-state index contributed by atoms with van der Waals surface area (Å²) in [5.41, 5.74) is 1.46. The van der Waals surface area contributed by atoms with Crippen LogP contribution in [0, 0.1) is 5.82 Å². The molecular formula is C19H14FN3O4S. The lowest BCUT2D eigenvalue weighted by Gasteiger charge is -2.18. The summed E-state index contributed by atoms with van der Waals surface area (Å²) < 4.78 is 41.5. The van der Waals surface area contributed by atoms with Gasteiger partial charge in [0.15, 0.2) is 5.82 Å². The van der Waals surface area contributed by atoms with Crippen LogP contribution < -0.4 is 9.03 Å². The predicted octanol–water partition coefficient (Wildman–Crippen LogP) is 2.44. The Morgan fingerprint density at radius 3 is 2.39 bits per heavy atom. The van der Waals surface area contributed by atoms with Gasteiger partial charge in [-0.2, -0.15) is 8.42 Å². The zero-order valence-electron chi connectivity index (χ0n) is 14.3. The minimum atomic E-state index is -4.26. The number of aromatic hydroxyl groups is 1. The number of benzene rings is 2. The molecule has 4 rings (SSSR count). The van der Waals surface area contributed by atoms with Gasteiger partial charge in [-0.15, -0.1) is 0 Å². The molecule has 2 heterocycles. The van der Waals surface area contributed by atoms with Gasteiger partial charge in [0.25, 0.3) is 5.91 Å². The van der Waals surface area contributed by atoms with E-state index in [1.54, 1.807) is 16.9 Å². The van der Waals surface area contributed by atoms with E-state index in [-0.39, 0.29) is 5.56 Å². The van der Waals surface area contributed by atoms with Crippen LogP contribution in [0.15, 0.2) is 60.8 Å². The molecule has 1 saturated heterocycles. The molecule has 2 N–H and O–H groups in total. The van der Waals surface area contributed by atoms with Crippen LogP contribution >= 0.6 is 0 Å². The summed E-state index contributed by atoms with van der Waals surface area (Å²) >= 11 is 0. The molecule has 0 saturated carbocycles. The SMILES string of the molecule is O=C1CN(c2c(O)ccc(-c3ccc(-c4ccccc4)nc3)c2F)S(=O)(=O)N1. The highest BCUT2D eigenvalue weighted by Gasteiger charge is 2.37. The lowest BCUT2D eigenvalue weighted by molar-refractivity contribution is -0.117. The number of carbonyl (C=O) groups excluding carboxylic acids is 1. The van der Waals surface area contributed by atoms with Crippen molar-refractivity contribution in [3.8, 4) is 28.1 Å². The second kappa shape index (κ2) is 6.61. The number of phenols is 1. The van der Waals surface area contributed by atoms with E-state index in [4.69, 9.17) is 0 Å². The Hall–Kier alpha value is -3.46. The molecule has 1 aliphatic heterocycles. The van der Waals surface area contributed by atoms with E-state index in [1.807, 2.05) is 30.3 Å². The van der Waals surface area contributed by atoms with Crippen molar-refractivity contribution < 1.29 is 22.7 Å². The van der Waals surface area contributed by atoms with Gasteiger partial charge in [0.2, 0.25) is 0 Å². The second-order valence-electron chi connectivity index (χ2n) is 6.13. The maximum absolute atomic E-state index is 15.1. The third-order valence-electron chi connectivity index (χ3n) is 4.31. The Morgan fingerprint density at radius 1 is 1.04 bits per heavy atom. The first-order valence-corrected chi connectivity index (χ1v) is 9.67. The fourth-order valence-corrected chi connectivity index (χ4v) is 4.16. The molecule has 2 aromatic carbocycles. The van der Waals surface area contributed by atoms with Gasteiger partial charge in [0, 0.05) is 22.9 Å². The highest BCUT2D eigenvalue weighted by Crippen LogP contribution is 2.38. The Labute approximate surface area is 160 Å². The van der Waals surface area contributed by atoms with E-state index in [1.165, 1.54) is 18.3 Å². The smallest absolute Gasteiger partial charge is 0.326 e. The average Bonchev–Trinajstić information content (AvgIpc) is 2.95. The minimum absolute atomic E-state index is 0.0504. The molecule has 0 atom stereocenters. The first kappa shape index (κ1) is 17.9. The standard InChI is InChI=1S/C19H14FN3O4S/c20-18-14(13-6-8-15(21-10-13)12-4-2-1-3-5-12)7-9-16(24)19(18)23-11-17(25)22-28(23,26)27/h1-10,24H,11H2,(H,22,25). The number of nitrogens with one attached hydrogen (secondary N) is 1. The van der Waals surface area contributed by atoms with E-state index in [0.717, 1.165) is 5.56 Å². The van der Waals surface area contributed by atoms with Crippen molar-refractivity contribution in [2.45, 2.75) is 0 Å². The number of amides is 1. The number of hydrogen-bond acceptors (Lipinski definition) is 5. The third kappa shape index (κ3) is 3.05. The molecule has 0 spiro atoms. The zero-order valence-corrected chi connectivity index (χ0v) is 15.1. The fraction of sp³-hybridized carbons (Fsp3) is 0.0526. The lowest BCUT2D eigenvalue weighted by Crippen LogP contribution is -2.30. The summed E-state index contributed by atoms with van der Waals surface area (Å²) in [7, 11) is -4.26. The number of carbonyl (C=O) groups is 1. The summed E-state index contributed by atoms with van der Waals surface area (Å²) in [6, 6.07) is 15.3. The summed E-state index contributed by atoms with van der Waals surface area (Å²) in [5, 5.41) is 10.0. The molecule has 28 heavy (non-hydrogen) atoms. The first-order valence-electron chi connectivity index (χ1n) is 8.23. The number of anilines is 1. The van der Waals surface area contributed by atoms with Crippen LogP contribution in [0.3, 0.4) is 0 Å². The van der Waals surface area contributed by atoms with Gasteiger partial charge >= 0.3 is 10.2 Å². The number of pyridine rings is 1. The van der Waals surface area contributed by atoms with Crippen molar-refractivity contribution in [3.05, 3.63) is 66.6 Å². The second-order valence-corrected chi connectivity index (χ2v) is 7.72. The molecule has 7 nitrogen and oxygen atoms in total. The number of halogens is 1. The zero-order chi connectivity index (χ0) is 19.9.